The van der Waals surface area contributed by atoms with E-state index in [1.807, 2.05) is 67.5 Å². The van der Waals surface area contributed by atoms with E-state index in [0.717, 1.165) is 10.5 Å². The minimum atomic E-state index is -1.50. The summed E-state index contributed by atoms with van der Waals surface area (Å²) in [6.45, 7) is 19.3. The maximum atomic E-state index is 14.9. The SMILES string of the molecule is CC(C)C[C@H](NC(=O)[C@H](Cc1ccc(OC(C)(C)C)cc1)NC(=O)[C@H](CCc1ccccc1)NC(=O)CNC(=O)[C@H](CCCNC(N)=O)NC(=O)[C@H](COC(C)(C)C)NC(=O)[C@H](CCCNC(=N)NPI)NC(=O)CCCCCN1C(=O)C=CC1=O)C(=O)N[C@@H](Cc1ccc(OC(C)(C)C)cc1)C(=O)O. The number of nitrogens with two attached hydrogens (primary N) is 1. The summed E-state index contributed by atoms with van der Waals surface area (Å²) in [6, 6.07) is 12.1. The zero-order valence-electron chi connectivity index (χ0n) is 62.0. The maximum absolute atomic E-state index is 14.9. The van der Waals surface area contributed by atoms with Crippen LogP contribution in [0.4, 0.5) is 4.79 Å². The predicted octanol–water partition coefficient (Wildman–Crippen LogP) is 4.69. The fourth-order valence-electron chi connectivity index (χ4n) is 10.6. The number of rotatable bonds is 44. The quantitative estimate of drug-likeness (QED) is 0.00912. The number of unbranched alkanes of at least 4 members (excludes halogenated alkanes) is 2. The topological polar surface area (TPSA) is 438 Å². The van der Waals surface area contributed by atoms with Gasteiger partial charge in [-0.3, -0.25) is 58.3 Å². The van der Waals surface area contributed by atoms with E-state index in [2.05, 4.69) is 80.3 Å². The Kier molecular flexibility index (Phi) is 37.1. The van der Waals surface area contributed by atoms with E-state index in [1.165, 1.54) is 12.2 Å². The van der Waals surface area contributed by atoms with Crippen LogP contribution >= 0.6 is 28.4 Å². The molecule has 12 amide bonds. The van der Waals surface area contributed by atoms with Gasteiger partial charge in [-0.15, -0.1) is 0 Å². The van der Waals surface area contributed by atoms with Crippen molar-refractivity contribution in [3.8, 4) is 11.5 Å². The third kappa shape index (κ3) is 36.1. The highest BCUT2D eigenvalue weighted by Crippen LogP contribution is 2.22. The van der Waals surface area contributed by atoms with E-state index in [-0.39, 0.29) is 102 Å². The third-order valence-electron chi connectivity index (χ3n) is 15.7. The molecular weight excluding hydrogens is 1490 g/mol. The Balaban J connectivity index is 1.61. The Morgan fingerprint density at radius 2 is 0.990 bits per heavy atom. The van der Waals surface area contributed by atoms with Crippen molar-refractivity contribution in [3.05, 3.63) is 108 Å². The van der Waals surface area contributed by atoms with Gasteiger partial charge >= 0.3 is 12.0 Å². The Morgan fingerprint density at radius 1 is 0.524 bits per heavy atom. The standard InChI is InChI=1S/C73H108IN14O16P/c1-45(2)40-54(65(96)85-56(68(99)100)42-48-27-32-50(33-28-48)104-73(9,10)11)83-66(97)55(41-47-25-30-49(31-26-47)103-72(6,7)8)84-64(95)53(34-29-46-20-14-12-15-21-46)81-59(90)43-79-62(93)51(22-19-38-78-70(76)101)82-67(98)57(44-102-71(3,4)5)86-63(94)52(23-18-37-77-69(75)87-105-74)80-58(89)24-16-13-17-39-88-60(91)35-36-61(88)92/h12,14-15,20-21,25-28,30-33,35-36,45,51-57,105H,13,16-19,22-24,29,34,37-44H2,1-11H3,(H,79,93)(H,80,89)(H,81,90)(H,82,98)(H,83,97)(H,84,95)(H,85,96)(H,86,94)(H,99,100)(H3,75,77,87)(H3,76,78,101)/t51-,52-,53-,54-,55-,56-,57-/m0/s1. The number of aryl methyl sites for hydroxylation is 1. The van der Waals surface area contributed by atoms with Gasteiger partial charge in [0.15, 0.2) is 5.96 Å². The van der Waals surface area contributed by atoms with E-state index >= 15 is 0 Å². The average Bonchev–Trinajstić information content (AvgIpc) is 1.34. The number of nitrogens with zero attached hydrogens (tertiary/aromatic N) is 1. The van der Waals surface area contributed by atoms with Crippen LogP contribution in [0.25, 0.3) is 0 Å². The number of hydrogen-bond acceptors (Lipinski definition) is 16. The Hall–Kier alpha value is -8.97. The van der Waals surface area contributed by atoms with Crippen molar-refractivity contribution < 1.29 is 76.9 Å². The van der Waals surface area contributed by atoms with Gasteiger partial charge in [0.1, 0.15) is 65.0 Å². The Morgan fingerprint density at radius 3 is 1.51 bits per heavy atom. The fraction of sp³-hybridized carbons (Fsp3) is 0.548. The molecule has 4 rings (SSSR count). The first-order chi connectivity index (χ1) is 49.4. The molecule has 32 heteroatoms. The van der Waals surface area contributed by atoms with Gasteiger partial charge in [0.2, 0.25) is 47.3 Å². The number of benzene rings is 3. The first kappa shape index (κ1) is 88.4. The van der Waals surface area contributed by atoms with Gasteiger partial charge in [-0.1, -0.05) is 74.9 Å². The van der Waals surface area contributed by atoms with Gasteiger partial charge in [-0.05, 0) is 189 Å². The van der Waals surface area contributed by atoms with Gasteiger partial charge in [0, 0.05) is 57.4 Å². The van der Waals surface area contributed by atoms with Crippen molar-refractivity contribution in [1.82, 2.24) is 63.2 Å². The second-order valence-electron chi connectivity index (χ2n) is 28.9. The molecule has 0 radical (unpaired) electrons. The van der Waals surface area contributed by atoms with E-state index in [9.17, 15) is 62.6 Å². The number of halogens is 1. The molecule has 3 aromatic rings. The van der Waals surface area contributed by atoms with Crippen LogP contribution < -0.4 is 73.5 Å². The minimum absolute atomic E-state index is 0.0235. The minimum Gasteiger partial charge on any atom is -0.488 e. The van der Waals surface area contributed by atoms with Gasteiger partial charge in [-0.25, -0.2) is 9.59 Å². The summed E-state index contributed by atoms with van der Waals surface area (Å²) >= 11 is 2.07. The van der Waals surface area contributed by atoms with Crippen LogP contribution in [0.3, 0.4) is 0 Å². The molecule has 0 aromatic heterocycles. The number of nitrogens with one attached hydrogen (secondary N) is 12. The number of hydrogen-bond donors (Lipinski definition) is 14. The first-order valence-electron chi connectivity index (χ1n) is 35.2. The zero-order valence-corrected chi connectivity index (χ0v) is 65.1. The van der Waals surface area contributed by atoms with Gasteiger partial charge in [0.25, 0.3) is 11.8 Å². The summed E-state index contributed by atoms with van der Waals surface area (Å²) in [7, 11) is 0. The lowest BCUT2D eigenvalue weighted by molar-refractivity contribution is -0.142. The molecular formula is C73H108IN14O16P. The lowest BCUT2D eigenvalue weighted by atomic mass is 9.99. The van der Waals surface area contributed by atoms with Crippen LogP contribution in [0.1, 0.15) is 157 Å². The van der Waals surface area contributed by atoms with Crippen molar-refractivity contribution in [2.24, 2.45) is 11.7 Å². The molecule has 1 heterocycles. The first-order valence-corrected chi connectivity index (χ1v) is 39.3. The smallest absolute Gasteiger partial charge is 0.326 e. The maximum Gasteiger partial charge on any atom is 0.326 e. The summed E-state index contributed by atoms with van der Waals surface area (Å²) in [5.41, 5.74) is 5.37. The molecule has 0 aliphatic carbocycles. The number of carboxylic acid groups (broad SMARTS) is 1. The summed E-state index contributed by atoms with van der Waals surface area (Å²) in [4.78, 5) is 165. The molecule has 105 heavy (non-hydrogen) atoms. The lowest BCUT2D eigenvalue weighted by Crippen LogP contribution is -2.59. The number of carbonyl (C=O) groups excluding carboxylic acids is 11. The number of urea groups is 1. The largest absolute Gasteiger partial charge is 0.488 e. The molecule has 3 aromatic carbocycles. The summed E-state index contributed by atoms with van der Waals surface area (Å²) in [5, 5.41) is 48.1. The molecule has 1 aliphatic rings. The van der Waals surface area contributed by atoms with E-state index in [0.29, 0.717) is 41.9 Å². The van der Waals surface area contributed by atoms with Gasteiger partial charge in [0.05, 0.1) is 18.8 Å². The summed E-state index contributed by atoms with van der Waals surface area (Å²) in [6.07, 6.45) is 4.06. The number of imide groups is 1. The Labute approximate surface area is 629 Å². The normalized spacial score (nSPS) is 14.3. The monoisotopic (exact) mass is 1590 g/mol. The number of ether oxygens (including phenoxy) is 3. The van der Waals surface area contributed by atoms with Crippen molar-refractivity contribution in [3.63, 3.8) is 0 Å². The highest BCUT2D eigenvalue weighted by molar-refractivity contribution is 14.2. The highest BCUT2D eigenvalue weighted by Gasteiger charge is 2.35. The van der Waals surface area contributed by atoms with Crippen molar-refractivity contribution in [1.29, 1.82) is 5.41 Å². The van der Waals surface area contributed by atoms with Crippen LogP contribution in [0.15, 0.2) is 91.0 Å². The number of amides is 12. The molecule has 8 atom stereocenters. The molecule has 0 spiro atoms. The van der Waals surface area contributed by atoms with Crippen molar-refractivity contribution in [2.45, 2.75) is 219 Å². The van der Waals surface area contributed by atoms with Crippen molar-refractivity contribution in [2.75, 3.05) is 32.8 Å². The molecule has 0 fully saturated rings. The molecule has 0 saturated heterocycles. The Bertz CT molecular complexity index is 3420. The van der Waals surface area contributed by atoms with Crippen LogP contribution in [-0.2, 0) is 76.7 Å². The number of aliphatic carboxylic acids is 1. The number of primary amides is 1. The van der Waals surface area contributed by atoms with E-state index < -0.39 is 143 Å². The third-order valence-corrected chi connectivity index (χ3v) is 16.9. The fourth-order valence-corrected chi connectivity index (χ4v) is 11.6. The van der Waals surface area contributed by atoms with E-state index in [1.54, 1.807) is 87.5 Å². The van der Waals surface area contributed by atoms with Gasteiger partial charge in [-0.2, -0.15) is 0 Å². The molecule has 0 saturated carbocycles. The molecule has 15 N–H and O–H groups in total. The second kappa shape index (κ2) is 44.1. The molecule has 1 unspecified atom stereocenters. The zero-order chi connectivity index (χ0) is 78.0. The number of carbonyl (C=O) groups is 12. The van der Waals surface area contributed by atoms with Crippen LogP contribution in [-0.4, -0.2) is 179 Å². The summed E-state index contributed by atoms with van der Waals surface area (Å²) in [5.74, 6) is -7.59. The molecule has 1 aliphatic heterocycles. The number of guanidine groups is 1. The van der Waals surface area contributed by atoms with Crippen LogP contribution in [0, 0.1) is 11.3 Å². The lowest BCUT2D eigenvalue weighted by Gasteiger charge is -2.28. The van der Waals surface area contributed by atoms with Crippen molar-refractivity contribution >= 4 is 105 Å². The molecule has 0 bridgehead atoms. The predicted molar refractivity (Wildman–Crippen MR) is 407 cm³/mol. The summed E-state index contributed by atoms with van der Waals surface area (Å²) < 4.78 is 18.0. The highest BCUT2D eigenvalue weighted by atomic mass is 127. The van der Waals surface area contributed by atoms with Crippen LogP contribution in [0.5, 0.6) is 11.5 Å². The van der Waals surface area contributed by atoms with Crippen LogP contribution in [0.2, 0.25) is 0 Å². The number of carboxylic acids is 1. The van der Waals surface area contributed by atoms with Gasteiger partial charge < -0.3 is 83.3 Å². The average molecular weight is 1600 g/mol. The second-order valence-corrected chi connectivity index (χ2v) is 30.9. The molecule has 30 nitrogen and oxygen atoms in total. The van der Waals surface area contributed by atoms with E-state index in [4.69, 9.17) is 25.4 Å². The molecule has 578 valence electrons.